The third kappa shape index (κ3) is 6.52. The van der Waals surface area contributed by atoms with Gasteiger partial charge in [0, 0.05) is 16.6 Å². The van der Waals surface area contributed by atoms with Crippen LogP contribution < -0.4 is 0 Å². The molecule has 0 amide bonds. The summed E-state index contributed by atoms with van der Waals surface area (Å²) in [6.45, 7) is 6.34. The number of hydrogen-bond acceptors (Lipinski definition) is 4. The lowest BCUT2D eigenvalue weighted by Crippen LogP contribution is -2.22. The number of carbonyl (C=O) groups excluding carboxylic acids is 1. The van der Waals surface area contributed by atoms with Gasteiger partial charge in [0.1, 0.15) is 0 Å². The summed E-state index contributed by atoms with van der Waals surface area (Å²) in [5, 5.41) is 2.40. The Balaban J connectivity index is 1.93. The Kier molecular flexibility index (Phi) is 8.05. The Labute approximate surface area is 155 Å². The van der Waals surface area contributed by atoms with Crippen molar-refractivity contribution in [3.8, 4) is 0 Å². The third-order valence-corrected chi connectivity index (χ3v) is 7.37. The number of thioether (sulfide) groups is 1. The summed E-state index contributed by atoms with van der Waals surface area (Å²) in [5.41, 5.74) is 0.566. The molecule has 0 N–H and O–H groups in total. The van der Waals surface area contributed by atoms with Gasteiger partial charge in [0.05, 0.1) is 20.3 Å². The predicted octanol–water partition coefficient (Wildman–Crippen LogP) is 5.67. The highest BCUT2D eigenvalue weighted by Gasteiger charge is 2.23. The summed E-state index contributed by atoms with van der Waals surface area (Å²) >= 11 is 1.61. The van der Waals surface area contributed by atoms with Crippen LogP contribution in [0.5, 0.6) is 0 Å². The summed E-state index contributed by atoms with van der Waals surface area (Å²) in [6.07, 6.45) is 1.18. The highest BCUT2D eigenvalue weighted by Crippen LogP contribution is 2.35. The number of fused-ring (bicyclic) bond motifs is 1. The van der Waals surface area contributed by atoms with E-state index in [9.17, 15) is 9.36 Å². The number of rotatable bonds is 9. The third-order valence-electron chi connectivity index (χ3n) is 3.97. The molecule has 0 saturated heterocycles. The maximum atomic E-state index is 12.5. The van der Waals surface area contributed by atoms with Crippen molar-refractivity contribution >= 4 is 36.3 Å². The fourth-order valence-corrected chi connectivity index (χ4v) is 5.89. The molecule has 2 unspecified atom stereocenters. The van der Waals surface area contributed by atoms with Crippen LogP contribution in [0.2, 0.25) is 0 Å². The second-order valence-corrected chi connectivity index (χ2v) is 10.0. The summed E-state index contributed by atoms with van der Waals surface area (Å²) in [5.74, 6) is -0.0638. The zero-order chi connectivity index (χ0) is 18.2. The van der Waals surface area contributed by atoms with E-state index in [1.807, 2.05) is 19.1 Å². The molecule has 0 aliphatic rings. The number of benzene rings is 2. The van der Waals surface area contributed by atoms with Crippen molar-refractivity contribution in [2.24, 2.45) is 11.8 Å². The van der Waals surface area contributed by atoms with Gasteiger partial charge >= 0.3 is 5.97 Å². The van der Waals surface area contributed by atoms with Gasteiger partial charge in [-0.15, -0.1) is 11.8 Å². The molecule has 0 radical (unpaired) electrons. The number of carbonyl (C=O) groups is 1. The zero-order valence-corrected chi connectivity index (χ0v) is 17.0. The van der Waals surface area contributed by atoms with Gasteiger partial charge in [-0.05, 0) is 42.2 Å². The molecular formula is C20H27O3PS. The lowest BCUT2D eigenvalue weighted by Gasteiger charge is -2.17. The van der Waals surface area contributed by atoms with Gasteiger partial charge in [-0.1, -0.05) is 44.2 Å². The standard InChI is InChI=1S/C20H27O3PS/c1-4-23-20(21)18(11-15(2)3)13-24(22)14-25-19-10-9-16-7-5-6-8-17(16)12-19/h5-10,12,15,18,24H,4,11,13-14H2,1-3H3. The molecular weight excluding hydrogens is 351 g/mol. The molecule has 2 rings (SSSR count). The number of ether oxygens (including phenoxy) is 1. The first-order valence-electron chi connectivity index (χ1n) is 8.79. The van der Waals surface area contributed by atoms with Gasteiger partial charge in [0.2, 0.25) is 0 Å². The quantitative estimate of drug-likeness (QED) is 0.320. The molecule has 0 spiro atoms. The Morgan fingerprint density at radius 3 is 2.56 bits per heavy atom. The minimum atomic E-state index is -1.83. The van der Waals surface area contributed by atoms with E-state index >= 15 is 0 Å². The Morgan fingerprint density at radius 2 is 1.88 bits per heavy atom. The Hall–Kier alpha value is -1.25. The van der Waals surface area contributed by atoms with Crippen molar-refractivity contribution in [2.75, 3.05) is 18.3 Å². The zero-order valence-electron chi connectivity index (χ0n) is 15.2. The van der Waals surface area contributed by atoms with E-state index < -0.39 is 7.80 Å². The van der Waals surface area contributed by atoms with Crippen LogP contribution in [-0.4, -0.2) is 24.2 Å². The molecule has 0 aromatic heterocycles. The lowest BCUT2D eigenvalue weighted by atomic mass is 9.99. The van der Waals surface area contributed by atoms with Gasteiger partial charge in [0.15, 0.2) is 0 Å². The molecule has 25 heavy (non-hydrogen) atoms. The SMILES string of the molecule is CCOC(=O)C(CC(C)C)C[PH](=O)CSc1ccc2ccccc2c1. The molecule has 2 atom stereocenters. The van der Waals surface area contributed by atoms with Crippen LogP contribution in [0, 0.1) is 11.8 Å². The monoisotopic (exact) mass is 378 g/mol. The van der Waals surface area contributed by atoms with Crippen molar-refractivity contribution in [3.05, 3.63) is 42.5 Å². The molecule has 5 heteroatoms. The molecule has 0 saturated carbocycles. The number of esters is 1. The maximum Gasteiger partial charge on any atom is 0.309 e. The topological polar surface area (TPSA) is 43.4 Å². The normalized spacial score (nSPS) is 13.8. The van der Waals surface area contributed by atoms with E-state index in [2.05, 4.69) is 44.2 Å². The molecule has 2 aromatic rings. The van der Waals surface area contributed by atoms with Gasteiger partial charge < -0.3 is 9.30 Å². The second kappa shape index (κ2) is 10.0. The molecule has 0 fully saturated rings. The molecule has 3 nitrogen and oxygen atoms in total. The molecule has 0 aliphatic heterocycles. The first kappa shape index (κ1) is 20.1. The molecule has 2 aromatic carbocycles. The van der Waals surface area contributed by atoms with Crippen LogP contribution >= 0.6 is 19.6 Å². The van der Waals surface area contributed by atoms with Crippen molar-refractivity contribution in [2.45, 2.75) is 32.1 Å². The van der Waals surface area contributed by atoms with Crippen LogP contribution in [0.3, 0.4) is 0 Å². The summed E-state index contributed by atoms with van der Waals surface area (Å²) < 4.78 is 17.7. The van der Waals surface area contributed by atoms with Crippen LogP contribution in [0.4, 0.5) is 0 Å². The van der Waals surface area contributed by atoms with E-state index in [1.165, 1.54) is 10.8 Å². The predicted molar refractivity (Wildman–Crippen MR) is 108 cm³/mol. The average molecular weight is 378 g/mol. The van der Waals surface area contributed by atoms with Crippen LogP contribution in [0.15, 0.2) is 47.4 Å². The minimum absolute atomic E-state index is 0.203. The molecule has 0 heterocycles. The molecule has 0 aliphatic carbocycles. The fourth-order valence-electron chi connectivity index (χ4n) is 2.85. The van der Waals surface area contributed by atoms with Crippen LogP contribution in [-0.2, 0) is 14.1 Å². The molecule has 136 valence electrons. The van der Waals surface area contributed by atoms with Crippen molar-refractivity contribution in [3.63, 3.8) is 0 Å². The van der Waals surface area contributed by atoms with Crippen LogP contribution in [0.25, 0.3) is 10.8 Å². The average Bonchev–Trinajstić information content (AvgIpc) is 2.59. The maximum absolute atomic E-state index is 12.5. The van der Waals surface area contributed by atoms with E-state index in [-0.39, 0.29) is 11.9 Å². The van der Waals surface area contributed by atoms with E-state index in [1.54, 1.807) is 11.8 Å². The van der Waals surface area contributed by atoms with Crippen molar-refractivity contribution in [1.82, 2.24) is 0 Å². The van der Waals surface area contributed by atoms with Crippen LogP contribution in [0.1, 0.15) is 27.2 Å². The van der Waals surface area contributed by atoms with Gasteiger partial charge in [-0.25, -0.2) is 0 Å². The minimum Gasteiger partial charge on any atom is -0.466 e. The first-order valence-corrected chi connectivity index (χ1v) is 11.6. The van der Waals surface area contributed by atoms with Crippen molar-refractivity contribution < 1.29 is 14.1 Å². The van der Waals surface area contributed by atoms with E-state index in [0.717, 1.165) is 11.3 Å². The highest BCUT2D eigenvalue weighted by molar-refractivity contribution is 8.03. The van der Waals surface area contributed by atoms with Gasteiger partial charge in [-0.2, -0.15) is 0 Å². The number of hydrogen-bond donors (Lipinski definition) is 0. The summed E-state index contributed by atoms with van der Waals surface area (Å²) in [4.78, 5) is 13.2. The Morgan fingerprint density at radius 1 is 1.16 bits per heavy atom. The summed E-state index contributed by atoms with van der Waals surface area (Å²) in [6, 6.07) is 14.5. The van der Waals surface area contributed by atoms with Gasteiger partial charge in [0.25, 0.3) is 0 Å². The highest BCUT2D eigenvalue weighted by atomic mass is 32.2. The lowest BCUT2D eigenvalue weighted by molar-refractivity contribution is -0.147. The van der Waals surface area contributed by atoms with E-state index in [0.29, 0.717) is 24.2 Å². The fraction of sp³-hybridized carbons (Fsp3) is 0.450. The summed E-state index contributed by atoms with van der Waals surface area (Å²) in [7, 11) is -1.83. The van der Waals surface area contributed by atoms with E-state index in [4.69, 9.17) is 4.74 Å². The van der Waals surface area contributed by atoms with Crippen molar-refractivity contribution in [1.29, 1.82) is 0 Å². The Bertz CT molecular complexity index is 730. The second-order valence-electron chi connectivity index (χ2n) is 6.62. The first-order chi connectivity index (χ1) is 12.0. The largest absolute Gasteiger partial charge is 0.466 e. The molecule has 0 bridgehead atoms. The smallest absolute Gasteiger partial charge is 0.309 e. The van der Waals surface area contributed by atoms with Gasteiger partial charge in [-0.3, -0.25) is 4.79 Å².